The number of nitrogens with one attached hydrogen (secondary N) is 3. The molecule has 3 amide bonds. The zero-order valence-corrected chi connectivity index (χ0v) is 19.1. The fourth-order valence-corrected chi connectivity index (χ4v) is 2.91. The minimum Gasteiger partial charge on any atom is -0.374 e. The number of benzene rings is 2. The highest BCUT2D eigenvalue weighted by molar-refractivity contribution is 5.98. The van der Waals surface area contributed by atoms with Crippen molar-refractivity contribution in [3.05, 3.63) is 71.8 Å². The number of rotatable bonds is 12. The van der Waals surface area contributed by atoms with Gasteiger partial charge in [-0.3, -0.25) is 14.4 Å². The SMILES string of the molecule is CC(C)[C@@H](C=O)NC(=O)[C@H](C)NC(=O)[C@H](COCc1ccccc1)NC(=O)c1ccccc1. The molecule has 0 aromatic heterocycles. The molecule has 0 aliphatic heterocycles. The summed E-state index contributed by atoms with van der Waals surface area (Å²) in [5, 5.41) is 7.86. The lowest BCUT2D eigenvalue weighted by molar-refractivity contribution is -0.131. The van der Waals surface area contributed by atoms with Gasteiger partial charge in [0.25, 0.3) is 5.91 Å². The molecule has 176 valence electrons. The molecule has 0 saturated heterocycles. The van der Waals surface area contributed by atoms with Gasteiger partial charge in [0.2, 0.25) is 11.8 Å². The zero-order valence-electron chi connectivity index (χ0n) is 19.1. The van der Waals surface area contributed by atoms with Crippen molar-refractivity contribution in [3.63, 3.8) is 0 Å². The van der Waals surface area contributed by atoms with Gasteiger partial charge in [-0.15, -0.1) is 0 Å². The highest BCUT2D eigenvalue weighted by Gasteiger charge is 2.26. The van der Waals surface area contributed by atoms with Crippen LogP contribution in [0.2, 0.25) is 0 Å². The Hall–Kier alpha value is -3.52. The predicted octanol–water partition coefficient (Wildman–Crippen LogP) is 1.85. The average Bonchev–Trinajstić information content (AvgIpc) is 2.82. The van der Waals surface area contributed by atoms with Crippen LogP contribution >= 0.6 is 0 Å². The van der Waals surface area contributed by atoms with Gasteiger partial charge in [-0.25, -0.2) is 0 Å². The van der Waals surface area contributed by atoms with Crippen molar-refractivity contribution in [2.45, 2.75) is 45.5 Å². The van der Waals surface area contributed by atoms with Crippen LogP contribution in [0.5, 0.6) is 0 Å². The topological polar surface area (TPSA) is 114 Å². The normalized spacial score (nSPS) is 13.5. The molecule has 2 rings (SSSR count). The average molecular weight is 454 g/mol. The fourth-order valence-electron chi connectivity index (χ4n) is 2.91. The third-order valence-corrected chi connectivity index (χ3v) is 4.98. The Labute approximate surface area is 194 Å². The molecule has 3 N–H and O–H groups in total. The molecule has 0 heterocycles. The predicted molar refractivity (Wildman–Crippen MR) is 124 cm³/mol. The quantitative estimate of drug-likeness (QED) is 0.425. The van der Waals surface area contributed by atoms with Gasteiger partial charge in [-0.2, -0.15) is 0 Å². The van der Waals surface area contributed by atoms with Crippen molar-refractivity contribution in [1.29, 1.82) is 0 Å². The third kappa shape index (κ3) is 8.50. The summed E-state index contributed by atoms with van der Waals surface area (Å²) in [7, 11) is 0. The van der Waals surface area contributed by atoms with E-state index < -0.39 is 35.8 Å². The number of amides is 3. The highest BCUT2D eigenvalue weighted by atomic mass is 16.5. The summed E-state index contributed by atoms with van der Waals surface area (Å²) in [4.78, 5) is 49.1. The lowest BCUT2D eigenvalue weighted by Gasteiger charge is -2.23. The summed E-state index contributed by atoms with van der Waals surface area (Å²) < 4.78 is 5.67. The molecule has 8 heteroatoms. The highest BCUT2D eigenvalue weighted by Crippen LogP contribution is 2.04. The van der Waals surface area contributed by atoms with E-state index in [-0.39, 0.29) is 19.1 Å². The van der Waals surface area contributed by atoms with Crippen LogP contribution in [0.4, 0.5) is 0 Å². The van der Waals surface area contributed by atoms with Crippen molar-refractivity contribution < 1.29 is 23.9 Å². The number of ether oxygens (including phenoxy) is 1. The molecular formula is C25H31N3O5. The van der Waals surface area contributed by atoms with Crippen LogP contribution < -0.4 is 16.0 Å². The Morgan fingerprint density at radius 1 is 0.848 bits per heavy atom. The van der Waals surface area contributed by atoms with Crippen molar-refractivity contribution in [2.75, 3.05) is 6.61 Å². The van der Waals surface area contributed by atoms with E-state index in [4.69, 9.17) is 4.74 Å². The van der Waals surface area contributed by atoms with E-state index >= 15 is 0 Å². The summed E-state index contributed by atoms with van der Waals surface area (Å²) >= 11 is 0. The van der Waals surface area contributed by atoms with E-state index in [0.717, 1.165) is 5.56 Å². The second kappa shape index (κ2) is 13.1. The molecular weight excluding hydrogens is 422 g/mol. The molecule has 2 aromatic rings. The molecule has 0 fully saturated rings. The minimum absolute atomic E-state index is 0.0846. The number of hydrogen-bond acceptors (Lipinski definition) is 5. The van der Waals surface area contributed by atoms with Gasteiger partial charge in [0.15, 0.2) is 0 Å². The van der Waals surface area contributed by atoms with E-state index in [1.165, 1.54) is 6.92 Å². The smallest absolute Gasteiger partial charge is 0.251 e. The first-order chi connectivity index (χ1) is 15.8. The van der Waals surface area contributed by atoms with Crippen LogP contribution in [0.25, 0.3) is 0 Å². The van der Waals surface area contributed by atoms with Gasteiger partial charge in [0.05, 0.1) is 19.3 Å². The molecule has 0 radical (unpaired) electrons. The Balaban J connectivity index is 2.03. The number of carbonyl (C=O) groups excluding carboxylic acids is 4. The minimum atomic E-state index is -1.02. The van der Waals surface area contributed by atoms with Gasteiger partial charge in [-0.05, 0) is 30.5 Å². The number of aldehydes is 1. The first kappa shape index (κ1) is 25.7. The molecule has 33 heavy (non-hydrogen) atoms. The van der Waals surface area contributed by atoms with Crippen LogP contribution in [-0.2, 0) is 25.7 Å². The Morgan fingerprint density at radius 2 is 1.45 bits per heavy atom. The van der Waals surface area contributed by atoms with Crippen molar-refractivity contribution in [1.82, 2.24) is 16.0 Å². The lowest BCUT2D eigenvalue weighted by Crippen LogP contribution is -2.55. The van der Waals surface area contributed by atoms with E-state index in [1.807, 2.05) is 44.2 Å². The molecule has 0 aliphatic carbocycles. The second-order valence-electron chi connectivity index (χ2n) is 8.04. The summed E-state index contributed by atoms with van der Waals surface area (Å²) in [5.74, 6) is -1.58. The Kier molecular flexibility index (Phi) is 10.2. The summed E-state index contributed by atoms with van der Waals surface area (Å²) in [5.41, 5.74) is 1.32. The molecule has 0 saturated carbocycles. The van der Waals surface area contributed by atoms with Crippen molar-refractivity contribution in [2.24, 2.45) is 5.92 Å². The van der Waals surface area contributed by atoms with Gasteiger partial charge >= 0.3 is 0 Å². The maximum atomic E-state index is 12.9. The van der Waals surface area contributed by atoms with Gasteiger partial charge in [-0.1, -0.05) is 62.4 Å². The summed E-state index contributed by atoms with van der Waals surface area (Å²) in [6.07, 6.45) is 0.664. The Morgan fingerprint density at radius 3 is 2.03 bits per heavy atom. The van der Waals surface area contributed by atoms with Gasteiger partial charge in [0.1, 0.15) is 18.4 Å². The van der Waals surface area contributed by atoms with E-state index in [9.17, 15) is 19.2 Å². The summed E-state index contributed by atoms with van der Waals surface area (Å²) in [6.45, 7) is 5.30. The standard InChI is InChI=1S/C25H31N3O5/c1-17(2)21(14-29)27-23(30)18(3)26-25(32)22(16-33-15-19-10-6-4-7-11-19)28-24(31)20-12-8-5-9-13-20/h4-14,17-18,21-22H,15-16H2,1-3H3,(H,26,32)(H,27,30)(H,28,31)/t18-,21+,22-/m0/s1. The lowest BCUT2D eigenvalue weighted by atomic mass is 10.1. The van der Waals surface area contributed by atoms with Crippen LogP contribution in [0.3, 0.4) is 0 Å². The third-order valence-electron chi connectivity index (χ3n) is 4.98. The number of carbonyl (C=O) groups is 4. The van der Waals surface area contributed by atoms with Crippen LogP contribution in [-0.4, -0.2) is 48.7 Å². The molecule has 0 bridgehead atoms. The molecule has 0 spiro atoms. The Bertz CT molecular complexity index is 918. The monoisotopic (exact) mass is 453 g/mol. The van der Waals surface area contributed by atoms with Crippen molar-refractivity contribution >= 4 is 24.0 Å². The molecule has 3 atom stereocenters. The second-order valence-corrected chi connectivity index (χ2v) is 8.04. The first-order valence-corrected chi connectivity index (χ1v) is 10.9. The van der Waals surface area contributed by atoms with E-state index in [2.05, 4.69) is 16.0 Å². The summed E-state index contributed by atoms with van der Waals surface area (Å²) in [6, 6.07) is 15.3. The van der Waals surface area contributed by atoms with Crippen LogP contribution in [0.1, 0.15) is 36.7 Å². The van der Waals surface area contributed by atoms with Crippen LogP contribution in [0.15, 0.2) is 60.7 Å². The fraction of sp³-hybridized carbons (Fsp3) is 0.360. The largest absolute Gasteiger partial charge is 0.374 e. The molecule has 2 aromatic carbocycles. The zero-order chi connectivity index (χ0) is 24.2. The maximum absolute atomic E-state index is 12.9. The molecule has 8 nitrogen and oxygen atoms in total. The maximum Gasteiger partial charge on any atom is 0.251 e. The van der Waals surface area contributed by atoms with E-state index in [0.29, 0.717) is 11.8 Å². The molecule has 0 aliphatic rings. The van der Waals surface area contributed by atoms with Gasteiger partial charge < -0.3 is 25.5 Å². The van der Waals surface area contributed by atoms with Gasteiger partial charge in [0, 0.05) is 5.56 Å². The van der Waals surface area contributed by atoms with E-state index in [1.54, 1.807) is 30.3 Å². The number of hydrogen-bond donors (Lipinski definition) is 3. The van der Waals surface area contributed by atoms with Crippen molar-refractivity contribution in [3.8, 4) is 0 Å². The molecule has 0 unspecified atom stereocenters. The first-order valence-electron chi connectivity index (χ1n) is 10.9. The van der Waals surface area contributed by atoms with Crippen LogP contribution in [0, 0.1) is 5.92 Å².